The molecule has 0 atom stereocenters. The van der Waals surface area contributed by atoms with Gasteiger partial charge in [0.05, 0.1) is 0 Å². The van der Waals surface area contributed by atoms with E-state index in [-0.39, 0.29) is 6.61 Å². The third-order valence-corrected chi connectivity index (χ3v) is 1.88. The number of nitrogens with two attached hydrogens (primary N) is 1. The predicted octanol–water partition coefficient (Wildman–Crippen LogP) is -0.0633. The number of hydrogen-bond acceptors (Lipinski definition) is 2. The maximum Gasteiger partial charge on any atom is 0.107 e. The number of aliphatic hydroxyl groups is 1. The van der Waals surface area contributed by atoms with Gasteiger partial charge in [0.15, 0.2) is 0 Å². The Labute approximate surface area is 73.8 Å². The van der Waals surface area contributed by atoms with Crippen LogP contribution in [0.4, 0.5) is 5.69 Å². The summed E-state index contributed by atoms with van der Waals surface area (Å²) in [6.45, 7) is 0.187. The highest BCUT2D eigenvalue weighted by molar-refractivity contribution is 6.08. The zero-order valence-corrected chi connectivity index (χ0v) is 7.38. The fourth-order valence-electron chi connectivity index (χ4n) is 1.27. The van der Waals surface area contributed by atoms with Crippen molar-refractivity contribution in [2.24, 2.45) is 0 Å². The molecule has 0 bridgehead atoms. The molecule has 64 valence electrons. The molecule has 12 heavy (non-hydrogen) atoms. The highest BCUT2D eigenvalue weighted by Gasteiger charge is 1.96. The SMILES string of the molecule is BCc1cc(N)cc(CCO)c1. The van der Waals surface area contributed by atoms with Crippen molar-refractivity contribution in [3.05, 3.63) is 29.3 Å². The van der Waals surface area contributed by atoms with Crippen molar-refractivity contribution in [2.75, 3.05) is 12.3 Å². The van der Waals surface area contributed by atoms with Crippen molar-refractivity contribution < 1.29 is 5.11 Å². The van der Waals surface area contributed by atoms with E-state index < -0.39 is 0 Å². The van der Waals surface area contributed by atoms with E-state index in [0.29, 0.717) is 6.42 Å². The van der Waals surface area contributed by atoms with Crippen molar-refractivity contribution in [1.82, 2.24) is 0 Å². The van der Waals surface area contributed by atoms with E-state index in [1.165, 1.54) is 5.56 Å². The smallest absolute Gasteiger partial charge is 0.107 e. The number of hydrogen-bond donors (Lipinski definition) is 2. The van der Waals surface area contributed by atoms with Crippen LogP contribution in [0, 0.1) is 0 Å². The number of rotatable bonds is 3. The second kappa shape index (κ2) is 4.17. The van der Waals surface area contributed by atoms with Crippen molar-refractivity contribution in [1.29, 1.82) is 0 Å². The Morgan fingerprint density at radius 2 is 1.92 bits per heavy atom. The predicted molar refractivity (Wildman–Crippen MR) is 53.9 cm³/mol. The van der Waals surface area contributed by atoms with Crippen molar-refractivity contribution >= 4 is 13.5 Å². The summed E-state index contributed by atoms with van der Waals surface area (Å²) in [5.41, 5.74) is 8.83. The molecule has 0 saturated carbocycles. The van der Waals surface area contributed by atoms with E-state index in [4.69, 9.17) is 10.8 Å². The van der Waals surface area contributed by atoms with Crippen molar-refractivity contribution in [3.63, 3.8) is 0 Å². The van der Waals surface area contributed by atoms with Crippen LogP contribution in [0.2, 0.25) is 0 Å². The maximum atomic E-state index is 8.73. The maximum absolute atomic E-state index is 8.73. The van der Waals surface area contributed by atoms with Gasteiger partial charge in [0.2, 0.25) is 0 Å². The Bertz CT molecular complexity index is 263. The molecular formula is C9H14BNO. The molecule has 0 aliphatic carbocycles. The molecule has 1 rings (SSSR count). The number of benzene rings is 1. The van der Waals surface area contributed by atoms with Gasteiger partial charge in [-0.05, 0) is 24.1 Å². The second-order valence-electron chi connectivity index (χ2n) is 2.91. The summed E-state index contributed by atoms with van der Waals surface area (Å²) in [5.74, 6) is 0. The first kappa shape index (κ1) is 9.14. The molecule has 0 saturated heterocycles. The van der Waals surface area contributed by atoms with Gasteiger partial charge in [0.1, 0.15) is 7.85 Å². The Kier molecular flexibility index (Phi) is 3.17. The average Bonchev–Trinajstić information content (AvgIpc) is 2.04. The Morgan fingerprint density at radius 3 is 2.50 bits per heavy atom. The lowest BCUT2D eigenvalue weighted by atomic mass is 9.94. The van der Waals surface area contributed by atoms with E-state index in [0.717, 1.165) is 17.6 Å². The van der Waals surface area contributed by atoms with Gasteiger partial charge in [0.25, 0.3) is 0 Å². The Balaban J connectivity index is 2.90. The lowest BCUT2D eigenvalue weighted by Crippen LogP contribution is -1.96. The lowest BCUT2D eigenvalue weighted by Gasteiger charge is -2.04. The molecule has 1 aromatic carbocycles. The Morgan fingerprint density at radius 1 is 1.25 bits per heavy atom. The number of nitrogen functional groups attached to an aromatic ring is 1. The van der Waals surface area contributed by atoms with Gasteiger partial charge in [-0.25, -0.2) is 0 Å². The van der Waals surface area contributed by atoms with E-state index in [9.17, 15) is 0 Å². The van der Waals surface area contributed by atoms with Crippen LogP contribution >= 0.6 is 0 Å². The lowest BCUT2D eigenvalue weighted by molar-refractivity contribution is 0.299. The third kappa shape index (κ3) is 2.27. The summed E-state index contributed by atoms with van der Waals surface area (Å²) < 4.78 is 0. The standard InChI is InChI=1S/C9H14BNO/c10-6-8-3-7(1-2-12)4-9(11)5-8/h3-5,12H,1-2,6,10-11H2. The average molecular weight is 163 g/mol. The summed E-state index contributed by atoms with van der Waals surface area (Å²) in [7, 11) is 2.09. The van der Waals surface area contributed by atoms with Crippen LogP contribution in [-0.4, -0.2) is 19.6 Å². The minimum Gasteiger partial charge on any atom is -0.399 e. The highest BCUT2D eigenvalue weighted by atomic mass is 16.2. The van der Waals surface area contributed by atoms with Gasteiger partial charge in [-0.1, -0.05) is 17.9 Å². The molecule has 0 aliphatic rings. The minimum atomic E-state index is 0.187. The van der Waals surface area contributed by atoms with Crippen LogP contribution in [0.1, 0.15) is 11.1 Å². The minimum absolute atomic E-state index is 0.187. The highest BCUT2D eigenvalue weighted by Crippen LogP contribution is 2.12. The fraction of sp³-hybridized carbons (Fsp3) is 0.333. The normalized spacial score (nSPS) is 10.1. The third-order valence-electron chi connectivity index (χ3n) is 1.88. The van der Waals surface area contributed by atoms with Gasteiger partial charge in [-0.3, -0.25) is 0 Å². The van der Waals surface area contributed by atoms with E-state index >= 15 is 0 Å². The van der Waals surface area contributed by atoms with Gasteiger partial charge in [0, 0.05) is 12.3 Å². The summed E-state index contributed by atoms with van der Waals surface area (Å²) >= 11 is 0. The summed E-state index contributed by atoms with van der Waals surface area (Å²) in [6, 6.07) is 5.98. The molecule has 3 heteroatoms. The summed E-state index contributed by atoms with van der Waals surface area (Å²) in [6.07, 6.45) is 1.68. The van der Waals surface area contributed by atoms with Crippen LogP contribution in [0.5, 0.6) is 0 Å². The van der Waals surface area contributed by atoms with Crippen LogP contribution in [0.3, 0.4) is 0 Å². The van der Waals surface area contributed by atoms with E-state index in [2.05, 4.69) is 13.9 Å². The molecule has 0 spiro atoms. The van der Waals surface area contributed by atoms with Gasteiger partial charge >= 0.3 is 0 Å². The second-order valence-corrected chi connectivity index (χ2v) is 2.91. The van der Waals surface area contributed by atoms with Crippen LogP contribution in [-0.2, 0) is 12.7 Å². The number of aliphatic hydroxyl groups excluding tert-OH is 1. The first-order valence-corrected chi connectivity index (χ1v) is 4.25. The molecule has 1 aromatic rings. The molecule has 3 N–H and O–H groups in total. The fourth-order valence-corrected chi connectivity index (χ4v) is 1.27. The molecule has 0 radical (unpaired) electrons. The molecule has 0 aliphatic heterocycles. The monoisotopic (exact) mass is 163 g/mol. The van der Waals surface area contributed by atoms with Crippen molar-refractivity contribution in [3.8, 4) is 0 Å². The number of anilines is 1. The molecular weight excluding hydrogens is 149 g/mol. The van der Waals surface area contributed by atoms with Gasteiger partial charge in [-0.15, -0.1) is 0 Å². The van der Waals surface area contributed by atoms with Crippen LogP contribution in [0.15, 0.2) is 18.2 Å². The van der Waals surface area contributed by atoms with E-state index in [1.807, 2.05) is 12.1 Å². The van der Waals surface area contributed by atoms with E-state index in [1.54, 1.807) is 0 Å². The molecule has 2 nitrogen and oxygen atoms in total. The molecule has 0 amide bonds. The topological polar surface area (TPSA) is 46.2 Å². The van der Waals surface area contributed by atoms with Crippen LogP contribution in [0.25, 0.3) is 0 Å². The first-order chi connectivity index (χ1) is 5.76. The van der Waals surface area contributed by atoms with Gasteiger partial charge < -0.3 is 10.8 Å². The van der Waals surface area contributed by atoms with Crippen molar-refractivity contribution in [2.45, 2.75) is 12.7 Å². The molecule has 0 unspecified atom stereocenters. The molecule has 0 heterocycles. The first-order valence-electron chi connectivity index (χ1n) is 4.25. The zero-order chi connectivity index (χ0) is 8.97. The van der Waals surface area contributed by atoms with Gasteiger partial charge in [-0.2, -0.15) is 0 Å². The quantitative estimate of drug-likeness (QED) is 0.484. The van der Waals surface area contributed by atoms with Crippen LogP contribution < -0.4 is 5.73 Å². The summed E-state index contributed by atoms with van der Waals surface area (Å²) in [5, 5.41) is 8.73. The molecule has 0 aromatic heterocycles. The largest absolute Gasteiger partial charge is 0.399 e. The summed E-state index contributed by atoms with van der Waals surface area (Å²) in [4.78, 5) is 0. The molecule has 0 fully saturated rings. The Hall–Kier alpha value is -0.955. The zero-order valence-electron chi connectivity index (χ0n) is 7.38.